The van der Waals surface area contributed by atoms with Gasteiger partial charge in [-0.15, -0.1) is 0 Å². The average Bonchev–Trinajstić information content (AvgIpc) is 3.00. The smallest absolute Gasteiger partial charge is 0.310 e. The fourth-order valence-corrected chi connectivity index (χ4v) is 4.13. The second kappa shape index (κ2) is 14.2. The monoisotopic (exact) mass is 564 g/mol. The second-order valence-electron chi connectivity index (χ2n) is 11.0. The minimum Gasteiger partial charge on any atom is -0.497 e. The first kappa shape index (κ1) is 31.7. The third-order valence-electron chi connectivity index (χ3n) is 6.86. The van der Waals surface area contributed by atoms with E-state index in [4.69, 9.17) is 9.84 Å². The Morgan fingerprint density at radius 1 is 0.690 bits per heavy atom. The fraction of sp³-hybridized carbons (Fsp3) is 0.222. The van der Waals surface area contributed by atoms with Crippen molar-refractivity contribution in [3.05, 3.63) is 137 Å². The number of hydrogen-bond donors (Lipinski definition) is 1. The van der Waals surface area contributed by atoms with Crippen molar-refractivity contribution >= 4 is 23.3 Å². The predicted octanol–water partition coefficient (Wildman–Crippen LogP) is 7.55. The van der Waals surface area contributed by atoms with E-state index in [1.165, 1.54) is 0 Å². The average molecular weight is 565 g/mol. The molecule has 0 heterocycles. The van der Waals surface area contributed by atoms with Gasteiger partial charge in [0.15, 0.2) is 17.3 Å². The van der Waals surface area contributed by atoms with Gasteiger partial charge in [-0.1, -0.05) is 93.6 Å². The Morgan fingerprint density at radius 3 is 1.71 bits per heavy atom. The van der Waals surface area contributed by atoms with Gasteiger partial charge in [0, 0.05) is 22.3 Å². The van der Waals surface area contributed by atoms with E-state index in [9.17, 15) is 19.2 Å². The molecule has 0 fully saturated rings. The first-order valence-corrected chi connectivity index (χ1v) is 13.6. The lowest BCUT2D eigenvalue weighted by Gasteiger charge is -2.18. The van der Waals surface area contributed by atoms with Crippen molar-refractivity contribution in [2.75, 3.05) is 7.11 Å². The van der Waals surface area contributed by atoms with Gasteiger partial charge < -0.3 is 9.84 Å². The number of ether oxygens (including phenoxy) is 1. The van der Waals surface area contributed by atoms with Gasteiger partial charge in [-0.25, -0.2) is 0 Å². The summed E-state index contributed by atoms with van der Waals surface area (Å²) in [5.74, 6) is -1.28. The van der Waals surface area contributed by atoms with Crippen LogP contribution in [0.1, 0.15) is 87.8 Å². The molecular weight excluding hydrogens is 528 g/mol. The molecule has 0 bridgehead atoms. The van der Waals surface area contributed by atoms with Crippen LogP contribution in [0.15, 0.2) is 103 Å². The Balaban J connectivity index is 0.000000235. The van der Waals surface area contributed by atoms with E-state index in [1.807, 2.05) is 18.2 Å². The summed E-state index contributed by atoms with van der Waals surface area (Å²) >= 11 is 0. The molecule has 0 aliphatic heterocycles. The summed E-state index contributed by atoms with van der Waals surface area (Å²) in [7, 11) is 1.57. The highest BCUT2D eigenvalue weighted by atomic mass is 16.5. The number of carboxylic acid groups (broad SMARTS) is 1. The summed E-state index contributed by atoms with van der Waals surface area (Å²) < 4.78 is 5.06. The molecule has 0 aliphatic carbocycles. The number of Topliss-reactive ketones (excluding diaryl/α,β-unsaturated/α-hetero) is 2. The normalized spacial score (nSPS) is 11.5. The zero-order chi connectivity index (χ0) is 30.9. The van der Waals surface area contributed by atoms with Gasteiger partial charge >= 0.3 is 5.97 Å². The maximum absolute atomic E-state index is 12.3. The van der Waals surface area contributed by atoms with Crippen LogP contribution in [0.3, 0.4) is 0 Å². The van der Waals surface area contributed by atoms with Crippen molar-refractivity contribution in [2.24, 2.45) is 0 Å². The quantitative estimate of drug-likeness (QED) is 0.166. The molecule has 4 aromatic rings. The molecule has 4 aromatic carbocycles. The lowest BCUT2D eigenvalue weighted by atomic mass is 9.86. The number of carbonyl (C=O) groups is 4. The Kier molecular flexibility index (Phi) is 10.7. The van der Waals surface area contributed by atoms with Crippen LogP contribution in [0.5, 0.6) is 5.75 Å². The summed E-state index contributed by atoms with van der Waals surface area (Å²) in [6, 6.07) is 30.0. The highest BCUT2D eigenvalue weighted by Crippen LogP contribution is 2.23. The van der Waals surface area contributed by atoms with E-state index in [1.54, 1.807) is 99.0 Å². The van der Waals surface area contributed by atoms with E-state index in [2.05, 4.69) is 20.8 Å². The predicted molar refractivity (Wildman–Crippen MR) is 164 cm³/mol. The first-order chi connectivity index (χ1) is 19.9. The zero-order valence-corrected chi connectivity index (χ0v) is 24.6. The highest BCUT2D eigenvalue weighted by Gasteiger charge is 2.18. The van der Waals surface area contributed by atoms with Crippen molar-refractivity contribution in [1.82, 2.24) is 0 Å². The number of benzene rings is 4. The standard InChI is InChI=1S/C20H22O3.C16H14O3/c1-20(2,3)16-9-5-14(6-10-16)18(21)13-19(22)15-7-11-17(23-4)12-8-15;1-11(16(18)19)13-8-5-9-14(10-13)15(17)12-6-3-2-4-7-12/h5-12H,13H2,1-4H3;2-11H,1H3,(H,18,19). The zero-order valence-electron chi connectivity index (χ0n) is 24.6. The fourth-order valence-electron chi connectivity index (χ4n) is 4.13. The lowest BCUT2D eigenvalue weighted by Crippen LogP contribution is -2.12. The van der Waals surface area contributed by atoms with Crippen LogP contribution < -0.4 is 4.74 Å². The molecule has 0 aliphatic rings. The summed E-state index contributed by atoms with van der Waals surface area (Å²) in [6.45, 7) is 7.97. The molecule has 1 atom stereocenters. The Labute approximate surface area is 247 Å². The van der Waals surface area contributed by atoms with Crippen LogP contribution in [0.4, 0.5) is 0 Å². The first-order valence-electron chi connectivity index (χ1n) is 13.6. The van der Waals surface area contributed by atoms with E-state index < -0.39 is 11.9 Å². The van der Waals surface area contributed by atoms with Crippen LogP contribution in [0.25, 0.3) is 0 Å². The molecule has 6 heteroatoms. The molecule has 42 heavy (non-hydrogen) atoms. The van der Waals surface area contributed by atoms with Crippen LogP contribution in [-0.2, 0) is 10.2 Å². The molecule has 1 unspecified atom stereocenters. The molecule has 1 N–H and O–H groups in total. The second-order valence-corrected chi connectivity index (χ2v) is 11.0. The molecule has 0 aromatic heterocycles. The van der Waals surface area contributed by atoms with E-state index in [0.29, 0.717) is 33.6 Å². The van der Waals surface area contributed by atoms with Gasteiger partial charge in [0.2, 0.25) is 0 Å². The topological polar surface area (TPSA) is 97.7 Å². The maximum Gasteiger partial charge on any atom is 0.310 e. The maximum atomic E-state index is 12.3. The van der Waals surface area contributed by atoms with E-state index >= 15 is 0 Å². The summed E-state index contributed by atoms with van der Waals surface area (Å²) in [5.41, 5.74) is 4.04. The van der Waals surface area contributed by atoms with Gasteiger partial charge in [-0.3, -0.25) is 19.2 Å². The Hall–Kier alpha value is -4.84. The molecule has 0 spiro atoms. The number of carboxylic acids is 1. The number of methoxy groups -OCH3 is 1. The number of ketones is 3. The van der Waals surface area contributed by atoms with Gasteiger partial charge in [0.05, 0.1) is 19.4 Å². The molecule has 0 radical (unpaired) electrons. The van der Waals surface area contributed by atoms with Crippen molar-refractivity contribution in [3.63, 3.8) is 0 Å². The molecule has 0 saturated carbocycles. The van der Waals surface area contributed by atoms with Gasteiger partial charge in [-0.05, 0) is 53.8 Å². The van der Waals surface area contributed by atoms with Crippen LogP contribution in [0, 0.1) is 0 Å². The Bertz CT molecular complexity index is 1530. The molecule has 0 saturated heterocycles. The summed E-state index contributed by atoms with van der Waals surface area (Å²) in [5, 5.41) is 9.00. The highest BCUT2D eigenvalue weighted by molar-refractivity contribution is 6.13. The number of rotatable bonds is 9. The van der Waals surface area contributed by atoms with Crippen LogP contribution in [0.2, 0.25) is 0 Å². The molecule has 216 valence electrons. The minimum atomic E-state index is -0.899. The minimum absolute atomic E-state index is 0.0422. The lowest BCUT2D eigenvalue weighted by molar-refractivity contribution is -0.138. The van der Waals surface area contributed by atoms with Gasteiger partial charge in [0.25, 0.3) is 0 Å². The van der Waals surface area contributed by atoms with E-state index in [0.717, 1.165) is 5.56 Å². The number of aliphatic carboxylic acids is 1. The van der Waals surface area contributed by atoms with Crippen molar-refractivity contribution < 1.29 is 29.0 Å². The molecule has 6 nitrogen and oxygen atoms in total. The van der Waals surface area contributed by atoms with Crippen molar-refractivity contribution in [3.8, 4) is 5.75 Å². The largest absolute Gasteiger partial charge is 0.497 e. The van der Waals surface area contributed by atoms with Gasteiger partial charge in [0.1, 0.15) is 5.75 Å². The third kappa shape index (κ3) is 8.58. The van der Waals surface area contributed by atoms with Crippen molar-refractivity contribution in [2.45, 2.75) is 45.4 Å². The van der Waals surface area contributed by atoms with Crippen molar-refractivity contribution in [1.29, 1.82) is 0 Å². The molecule has 4 rings (SSSR count). The Morgan fingerprint density at radius 2 is 1.21 bits per heavy atom. The molecular formula is C36H36O6. The SMILES string of the molecule is CC(C(=O)O)c1cccc(C(=O)c2ccccc2)c1.COc1ccc(C(=O)CC(=O)c2ccc(C(C)(C)C)cc2)cc1. The van der Waals surface area contributed by atoms with E-state index in [-0.39, 0.29) is 29.2 Å². The number of carbonyl (C=O) groups excluding carboxylic acids is 3. The number of hydrogen-bond acceptors (Lipinski definition) is 5. The summed E-state index contributed by atoms with van der Waals surface area (Å²) in [6.07, 6.45) is -0.124. The molecule has 0 amide bonds. The summed E-state index contributed by atoms with van der Waals surface area (Å²) in [4.78, 5) is 47.7. The van der Waals surface area contributed by atoms with Gasteiger partial charge in [-0.2, -0.15) is 0 Å². The van der Waals surface area contributed by atoms with Crippen LogP contribution >= 0.6 is 0 Å². The third-order valence-corrected chi connectivity index (χ3v) is 6.86. The van der Waals surface area contributed by atoms with Crippen LogP contribution in [-0.4, -0.2) is 35.5 Å².